The van der Waals surface area contributed by atoms with Crippen LogP contribution in [0.2, 0.25) is 0 Å². The van der Waals surface area contributed by atoms with E-state index in [4.69, 9.17) is 5.73 Å². The minimum Gasteiger partial charge on any atom is -0.369 e. The first-order valence-corrected chi connectivity index (χ1v) is 8.02. The number of primary amides is 1. The molecule has 0 atom stereocenters. The van der Waals surface area contributed by atoms with Gasteiger partial charge in [-0.15, -0.1) is 5.10 Å². The van der Waals surface area contributed by atoms with Gasteiger partial charge in [0.2, 0.25) is 5.91 Å². The van der Waals surface area contributed by atoms with Crippen molar-refractivity contribution in [2.24, 2.45) is 11.7 Å². The molecule has 1 aliphatic heterocycles. The summed E-state index contributed by atoms with van der Waals surface area (Å²) in [5.74, 6) is 0.830. The topological polar surface area (TPSA) is 89.9 Å². The van der Waals surface area contributed by atoms with E-state index < -0.39 is 0 Å². The maximum Gasteiger partial charge on any atom is 0.220 e. The monoisotopic (exact) mass is 292 g/mol. The molecule has 1 saturated carbocycles. The third-order valence-corrected chi connectivity index (χ3v) is 4.84. The van der Waals surface area contributed by atoms with E-state index in [1.165, 1.54) is 32.1 Å². The highest BCUT2D eigenvalue weighted by Crippen LogP contribution is 2.28. The van der Waals surface area contributed by atoms with Crippen LogP contribution in [-0.4, -0.2) is 44.1 Å². The molecule has 0 radical (unpaired) electrons. The van der Waals surface area contributed by atoms with Crippen LogP contribution >= 0.6 is 0 Å². The fourth-order valence-corrected chi connectivity index (χ4v) is 3.50. The van der Waals surface area contributed by atoms with Gasteiger partial charge < -0.3 is 5.73 Å². The Hall–Kier alpha value is -1.50. The van der Waals surface area contributed by atoms with Crippen molar-refractivity contribution >= 4 is 5.91 Å². The van der Waals surface area contributed by atoms with Crippen LogP contribution in [0.4, 0.5) is 0 Å². The van der Waals surface area contributed by atoms with Crippen molar-refractivity contribution in [2.75, 3.05) is 13.1 Å². The largest absolute Gasteiger partial charge is 0.369 e. The maximum absolute atomic E-state index is 11.2. The predicted molar refractivity (Wildman–Crippen MR) is 77.1 cm³/mol. The van der Waals surface area contributed by atoms with Gasteiger partial charge >= 0.3 is 0 Å². The molecule has 1 amide bonds. The maximum atomic E-state index is 11.2. The summed E-state index contributed by atoms with van der Waals surface area (Å²) in [6, 6.07) is 0.465. The van der Waals surface area contributed by atoms with Crippen molar-refractivity contribution in [1.82, 2.24) is 25.1 Å². The highest BCUT2D eigenvalue weighted by Gasteiger charge is 2.25. The molecule has 7 nitrogen and oxygen atoms in total. The molecule has 0 bridgehead atoms. The Bertz CT molecular complexity index is 474. The minimum atomic E-state index is -0.165. The van der Waals surface area contributed by atoms with Crippen LogP contribution < -0.4 is 5.73 Å². The molecule has 1 aromatic heterocycles. The lowest BCUT2D eigenvalue weighted by Gasteiger charge is -2.30. The molecular weight excluding hydrogens is 268 g/mol. The van der Waals surface area contributed by atoms with Crippen LogP contribution in [0.3, 0.4) is 0 Å². The van der Waals surface area contributed by atoms with Crippen molar-refractivity contribution in [3.8, 4) is 0 Å². The Labute approximate surface area is 124 Å². The van der Waals surface area contributed by atoms with Crippen LogP contribution in [0, 0.1) is 5.92 Å². The Balaban J connectivity index is 1.58. The van der Waals surface area contributed by atoms with E-state index in [2.05, 4.69) is 20.4 Å². The molecule has 3 rings (SSSR count). The van der Waals surface area contributed by atoms with E-state index in [1.54, 1.807) is 0 Å². The Kier molecular flexibility index (Phi) is 4.48. The first-order valence-electron chi connectivity index (χ1n) is 8.02. The number of hydrogen-bond acceptors (Lipinski definition) is 5. The van der Waals surface area contributed by atoms with Crippen molar-refractivity contribution in [3.05, 3.63) is 5.82 Å². The first-order chi connectivity index (χ1) is 10.2. The third kappa shape index (κ3) is 3.40. The summed E-state index contributed by atoms with van der Waals surface area (Å²) in [6.07, 6.45) is 7.93. The minimum absolute atomic E-state index is 0.0376. The SMILES string of the molecule is NC(=O)C1CCN(Cc2nnnn2C2CCCCC2)CC1. The first kappa shape index (κ1) is 14.4. The van der Waals surface area contributed by atoms with Crippen molar-refractivity contribution < 1.29 is 4.79 Å². The standard InChI is InChI=1S/C14H24N6O/c15-14(21)11-6-8-19(9-7-11)10-13-16-17-18-20(13)12-4-2-1-3-5-12/h11-12H,1-10H2,(H2,15,21). The number of tetrazole rings is 1. The number of carbonyl (C=O) groups excluding carboxylic acids is 1. The van der Waals surface area contributed by atoms with Gasteiger partial charge in [-0.05, 0) is 49.2 Å². The van der Waals surface area contributed by atoms with E-state index >= 15 is 0 Å². The number of carbonyl (C=O) groups is 1. The van der Waals surface area contributed by atoms with Crippen molar-refractivity contribution in [2.45, 2.75) is 57.5 Å². The summed E-state index contributed by atoms with van der Waals surface area (Å²) in [6.45, 7) is 2.56. The van der Waals surface area contributed by atoms with Gasteiger partial charge in [-0.3, -0.25) is 9.69 Å². The number of aromatic nitrogens is 4. The smallest absolute Gasteiger partial charge is 0.220 e. The Morgan fingerprint density at radius 3 is 2.52 bits per heavy atom. The van der Waals surface area contributed by atoms with Gasteiger partial charge in [-0.25, -0.2) is 4.68 Å². The quantitative estimate of drug-likeness (QED) is 0.889. The fraction of sp³-hybridized carbons (Fsp3) is 0.857. The highest BCUT2D eigenvalue weighted by atomic mass is 16.1. The predicted octanol–water partition coefficient (Wildman–Crippen LogP) is 0.876. The molecule has 21 heavy (non-hydrogen) atoms. The molecular formula is C14H24N6O. The lowest BCUT2D eigenvalue weighted by Crippen LogP contribution is -2.38. The molecule has 2 fully saturated rings. The summed E-state index contributed by atoms with van der Waals surface area (Å²) >= 11 is 0. The van der Waals surface area contributed by atoms with Crippen LogP contribution in [-0.2, 0) is 11.3 Å². The van der Waals surface area contributed by atoms with Crippen LogP contribution in [0.25, 0.3) is 0 Å². The molecule has 2 N–H and O–H groups in total. The molecule has 2 aliphatic rings. The van der Waals surface area contributed by atoms with Gasteiger partial charge in [-0.2, -0.15) is 0 Å². The summed E-state index contributed by atoms with van der Waals surface area (Å²) in [5.41, 5.74) is 5.38. The van der Waals surface area contributed by atoms with E-state index in [0.717, 1.165) is 38.3 Å². The number of nitrogens with zero attached hydrogens (tertiary/aromatic N) is 5. The number of likely N-dealkylation sites (tertiary alicyclic amines) is 1. The van der Waals surface area contributed by atoms with Gasteiger partial charge in [0.1, 0.15) is 0 Å². The van der Waals surface area contributed by atoms with Gasteiger partial charge in [0.15, 0.2) is 5.82 Å². The molecule has 0 aromatic carbocycles. The van der Waals surface area contributed by atoms with E-state index in [-0.39, 0.29) is 11.8 Å². The summed E-state index contributed by atoms with van der Waals surface area (Å²) in [7, 11) is 0. The normalized spacial score (nSPS) is 22.5. The van der Waals surface area contributed by atoms with Crippen LogP contribution in [0.1, 0.15) is 56.8 Å². The third-order valence-electron chi connectivity index (χ3n) is 4.84. The van der Waals surface area contributed by atoms with Crippen molar-refractivity contribution in [3.63, 3.8) is 0 Å². The van der Waals surface area contributed by atoms with Gasteiger partial charge in [0, 0.05) is 5.92 Å². The van der Waals surface area contributed by atoms with Gasteiger partial charge in [-0.1, -0.05) is 19.3 Å². The van der Waals surface area contributed by atoms with E-state index in [9.17, 15) is 4.79 Å². The zero-order chi connectivity index (χ0) is 14.7. The summed E-state index contributed by atoms with van der Waals surface area (Å²) < 4.78 is 2.03. The van der Waals surface area contributed by atoms with E-state index in [1.807, 2.05) is 4.68 Å². The van der Waals surface area contributed by atoms with Crippen LogP contribution in [0.5, 0.6) is 0 Å². The zero-order valence-corrected chi connectivity index (χ0v) is 12.4. The molecule has 0 spiro atoms. The van der Waals surface area contributed by atoms with Gasteiger partial charge in [0.25, 0.3) is 0 Å². The highest BCUT2D eigenvalue weighted by molar-refractivity contribution is 5.76. The molecule has 7 heteroatoms. The number of amides is 1. The van der Waals surface area contributed by atoms with Crippen molar-refractivity contribution in [1.29, 1.82) is 0 Å². The average Bonchev–Trinajstić information content (AvgIpc) is 2.97. The molecule has 2 heterocycles. The number of hydrogen-bond donors (Lipinski definition) is 1. The number of nitrogens with two attached hydrogens (primary N) is 1. The Morgan fingerprint density at radius 1 is 1.14 bits per heavy atom. The lowest BCUT2D eigenvalue weighted by molar-refractivity contribution is -0.123. The number of rotatable bonds is 4. The van der Waals surface area contributed by atoms with Crippen LogP contribution in [0.15, 0.2) is 0 Å². The lowest BCUT2D eigenvalue weighted by atomic mass is 9.95. The molecule has 1 aliphatic carbocycles. The molecule has 1 aromatic rings. The summed E-state index contributed by atoms with van der Waals surface area (Å²) in [4.78, 5) is 13.5. The van der Waals surface area contributed by atoms with E-state index in [0.29, 0.717) is 6.04 Å². The zero-order valence-electron chi connectivity index (χ0n) is 12.4. The fourth-order valence-electron chi connectivity index (χ4n) is 3.50. The van der Waals surface area contributed by atoms with Gasteiger partial charge in [0.05, 0.1) is 12.6 Å². The number of piperidine rings is 1. The average molecular weight is 292 g/mol. The second kappa shape index (κ2) is 6.51. The Morgan fingerprint density at radius 2 is 1.86 bits per heavy atom. The second-order valence-electron chi connectivity index (χ2n) is 6.28. The summed E-state index contributed by atoms with van der Waals surface area (Å²) in [5, 5.41) is 12.3. The second-order valence-corrected chi connectivity index (χ2v) is 6.28. The molecule has 116 valence electrons. The molecule has 0 unspecified atom stereocenters. The molecule has 1 saturated heterocycles.